The highest BCUT2D eigenvalue weighted by atomic mass is 16.1. The maximum atomic E-state index is 12.0. The van der Waals surface area contributed by atoms with Crippen molar-refractivity contribution in [1.82, 2.24) is 29.5 Å². The van der Waals surface area contributed by atoms with Crippen LogP contribution in [-0.4, -0.2) is 35.5 Å². The van der Waals surface area contributed by atoms with Crippen LogP contribution >= 0.6 is 0 Å². The molecule has 8 heteroatoms. The molecule has 0 aliphatic rings. The first-order valence-corrected chi connectivity index (χ1v) is 5.92. The summed E-state index contributed by atoms with van der Waals surface area (Å²) in [6, 6.07) is 1.81. The van der Waals surface area contributed by atoms with Crippen LogP contribution in [0.4, 0.5) is 5.95 Å². The van der Waals surface area contributed by atoms with Crippen molar-refractivity contribution < 1.29 is 4.79 Å². The fraction of sp³-hybridized carbons (Fsp3) is 0.167. The second-order valence-electron chi connectivity index (χ2n) is 4.24. The number of carbonyl (C=O) groups excluding carboxylic acids is 1. The Morgan fingerprint density at radius 3 is 2.70 bits per heavy atom. The largest absolute Gasteiger partial charge is 0.290 e. The summed E-state index contributed by atoms with van der Waals surface area (Å²) in [5, 5.41) is 10.4. The van der Waals surface area contributed by atoms with Gasteiger partial charge in [0.2, 0.25) is 5.95 Å². The molecule has 3 aromatic rings. The van der Waals surface area contributed by atoms with Gasteiger partial charge in [-0.1, -0.05) is 0 Å². The Hall–Kier alpha value is -2.90. The van der Waals surface area contributed by atoms with Gasteiger partial charge in [-0.3, -0.25) is 14.5 Å². The van der Waals surface area contributed by atoms with Gasteiger partial charge < -0.3 is 0 Å². The first kappa shape index (κ1) is 12.2. The summed E-state index contributed by atoms with van der Waals surface area (Å²) in [5.41, 5.74) is 1.18. The Balaban J connectivity index is 1.89. The molecule has 8 nitrogen and oxygen atoms in total. The standard InChI is InChI=1S/C12H11N7O/c1-7-3-4-19-11(15-7)17-18-12(19)16-10(20)9-5-13-8(2)14-6-9/h3-6H,1-2H3,(H,16,18,20). The van der Waals surface area contributed by atoms with E-state index in [1.54, 1.807) is 23.6 Å². The average Bonchev–Trinajstić information content (AvgIpc) is 2.81. The van der Waals surface area contributed by atoms with E-state index in [1.165, 1.54) is 12.4 Å². The van der Waals surface area contributed by atoms with Gasteiger partial charge in [-0.15, -0.1) is 10.2 Å². The number of anilines is 1. The molecule has 3 heterocycles. The van der Waals surface area contributed by atoms with Crippen molar-refractivity contribution in [3.63, 3.8) is 0 Å². The fourth-order valence-corrected chi connectivity index (χ4v) is 1.64. The third-order valence-corrected chi connectivity index (χ3v) is 2.69. The first-order chi connectivity index (χ1) is 9.63. The molecule has 0 aliphatic carbocycles. The van der Waals surface area contributed by atoms with Crippen LogP contribution in [0.1, 0.15) is 21.9 Å². The lowest BCUT2D eigenvalue weighted by molar-refractivity contribution is 0.102. The number of rotatable bonds is 2. The number of carbonyl (C=O) groups is 1. The highest BCUT2D eigenvalue weighted by Crippen LogP contribution is 2.08. The van der Waals surface area contributed by atoms with Crippen LogP contribution in [0.15, 0.2) is 24.7 Å². The zero-order valence-electron chi connectivity index (χ0n) is 10.9. The van der Waals surface area contributed by atoms with Crippen LogP contribution in [0.25, 0.3) is 5.78 Å². The molecule has 20 heavy (non-hydrogen) atoms. The molecule has 0 radical (unpaired) electrons. The maximum Gasteiger partial charge on any atom is 0.261 e. The van der Waals surface area contributed by atoms with Gasteiger partial charge in [-0.25, -0.2) is 15.0 Å². The fourth-order valence-electron chi connectivity index (χ4n) is 1.64. The van der Waals surface area contributed by atoms with Gasteiger partial charge in [0.15, 0.2) is 0 Å². The molecule has 3 rings (SSSR count). The summed E-state index contributed by atoms with van der Waals surface area (Å²) in [5.74, 6) is 0.993. The molecule has 0 atom stereocenters. The van der Waals surface area contributed by atoms with Gasteiger partial charge in [-0.2, -0.15) is 0 Å². The van der Waals surface area contributed by atoms with E-state index in [0.29, 0.717) is 23.1 Å². The highest BCUT2D eigenvalue weighted by Gasteiger charge is 2.12. The second-order valence-corrected chi connectivity index (χ2v) is 4.24. The normalized spacial score (nSPS) is 10.7. The third-order valence-electron chi connectivity index (χ3n) is 2.69. The van der Waals surface area contributed by atoms with Crippen molar-refractivity contribution in [2.45, 2.75) is 13.8 Å². The molecule has 3 aromatic heterocycles. The van der Waals surface area contributed by atoms with Crippen LogP contribution in [0.3, 0.4) is 0 Å². The van der Waals surface area contributed by atoms with Crippen LogP contribution in [0, 0.1) is 13.8 Å². The number of nitrogens with zero attached hydrogens (tertiary/aromatic N) is 6. The lowest BCUT2D eigenvalue weighted by Gasteiger charge is -2.03. The Morgan fingerprint density at radius 2 is 1.95 bits per heavy atom. The zero-order chi connectivity index (χ0) is 14.1. The summed E-state index contributed by atoms with van der Waals surface area (Å²) >= 11 is 0. The van der Waals surface area contributed by atoms with E-state index in [4.69, 9.17) is 0 Å². The summed E-state index contributed by atoms with van der Waals surface area (Å²) in [4.78, 5) is 24.2. The molecule has 0 saturated heterocycles. The van der Waals surface area contributed by atoms with E-state index in [0.717, 1.165) is 5.69 Å². The molecule has 1 N–H and O–H groups in total. The number of fused-ring (bicyclic) bond motifs is 1. The summed E-state index contributed by atoms with van der Waals surface area (Å²) < 4.78 is 1.60. The van der Waals surface area contributed by atoms with E-state index in [2.05, 4.69) is 30.5 Å². The Labute approximate surface area is 113 Å². The average molecular weight is 269 g/mol. The summed E-state index contributed by atoms with van der Waals surface area (Å²) in [6.45, 7) is 3.61. The molecule has 0 bridgehead atoms. The minimum absolute atomic E-state index is 0.304. The second kappa shape index (κ2) is 4.65. The molecular formula is C12H11N7O. The quantitative estimate of drug-likeness (QED) is 0.738. The van der Waals surface area contributed by atoms with Crippen molar-refractivity contribution in [3.8, 4) is 0 Å². The molecule has 1 amide bonds. The van der Waals surface area contributed by atoms with Gasteiger partial charge in [0.1, 0.15) is 5.82 Å². The number of hydrogen-bond acceptors (Lipinski definition) is 6. The van der Waals surface area contributed by atoms with Gasteiger partial charge in [0.05, 0.1) is 5.56 Å². The topological polar surface area (TPSA) is 98.0 Å². The number of amides is 1. The Bertz CT molecular complexity index is 778. The van der Waals surface area contributed by atoms with E-state index < -0.39 is 0 Å². The lowest BCUT2D eigenvalue weighted by atomic mass is 10.3. The molecule has 100 valence electrons. The van der Waals surface area contributed by atoms with E-state index in [9.17, 15) is 4.79 Å². The molecule has 0 aliphatic heterocycles. The van der Waals surface area contributed by atoms with Gasteiger partial charge in [0.25, 0.3) is 11.7 Å². The number of hydrogen-bond donors (Lipinski definition) is 1. The first-order valence-electron chi connectivity index (χ1n) is 5.92. The number of aromatic nitrogens is 6. The molecule has 0 fully saturated rings. The van der Waals surface area contributed by atoms with Crippen molar-refractivity contribution in [2.24, 2.45) is 0 Å². The Morgan fingerprint density at radius 1 is 1.20 bits per heavy atom. The predicted octanol–water partition coefficient (Wildman–Crippen LogP) is 0.783. The smallest absolute Gasteiger partial charge is 0.261 e. The van der Waals surface area contributed by atoms with Crippen molar-refractivity contribution in [3.05, 3.63) is 41.7 Å². The van der Waals surface area contributed by atoms with Crippen molar-refractivity contribution in [1.29, 1.82) is 0 Å². The summed E-state index contributed by atoms with van der Waals surface area (Å²) in [6.07, 6.45) is 4.67. The molecule has 0 spiro atoms. The SMILES string of the molecule is Cc1ccn2c(NC(=O)c3cnc(C)nc3)nnc2n1. The van der Waals surface area contributed by atoms with Crippen LogP contribution in [0.2, 0.25) is 0 Å². The van der Waals surface area contributed by atoms with Crippen LogP contribution in [-0.2, 0) is 0 Å². The van der Waals surface area contributed by atoms with Gasteiger partial charge >= 0.3 is 0 Å². The Kier molecular flexibility index (Phi) is 2.82. The summed E-state index contributed by atoms with van der Waals surface area (Å²) in [7, 11) is 0. The number of aryl methyl sites for hydroxylation is 2. The van der Waals surface area contributed by atoms with Crippen LogP contribution < -0.4 is 5.32 Å². The predicted molar refractivity (Wildman–Crippen MR) is 70.2 cm³/mol. The minimum atomic E-state index is -0.347. The van der Waals surface area contributed by atoms with Crippen molar-refractivity contribution >= 4 is 17.6 Å². The van der Waals surface area contributed by atoms with Crippen molar-refractivity contribution in [2.75, 3.05) is 5.32 Å². The van der Waals surface area contributed by atoms with E-state index in [-0.39, 0.29) is 5.91 Å². The molecule has 0 saturated carbocycles. The molecule has 0 aromatic carbocycles. The molecule has 0 unspecified atom stereocenters. The third kappa shape index (κ3) is 2.18. The maximum absolute atomic E-state index is 12.0. The monoisotopic (exact) mass is 269 g/mol. The zero-order valence-corrected chi connectivity index (χ0v) is 10.9. The van der Waals surface area contributed by atoms with Crippen LogP contribution in [0.5, 0.6) is 0 Å². The van der Waals surface area contributed by atoms with E-state index >= 15 is 0 Å². The van der Waals surface area contributed by atoms with Gasteiger partial charge in [0, 0.05) is 24.3 Å². The van der Waals surface area contributed by atoms with Gasteiger partial charge in [-0.05, 0) is 19.9 Å². The highest BCUT2D eigenvalue weighted by molar-refractivity contribution is 6.03. The molecular weight excluding hydrogens is 258 g/mol. The van der Waals surface area contributed by atoms with E-state index in [1.807, 2.05) is 6.92 Å². The lowest BCUT2D eigenvalue weighted by Crippen LogP contribution is -2.15. The number of nitrogens with one attached hydrogen (secondary N) is 1. The minimum Gasteiger partial charge on any atom is -0.290 e.